The van der Waals surface area contributed by atoms with Gasteiger partial charge in [-0.2, -0.15) is 0 Å². The maximum Gasteiger partial charge on any atom is 0.240 e. The van der Waals surface area contributed by atoms with Crippen LogP contribution < -0.4 is 4.72 Å². The standard InChI is InChI=1S/C17H21NO2S/c1-15-10-12-17(13-11-15)21(19,20)18-14-6-5-9-16-7-3-2-4-8-16/h2-4,7-8,10-13,18H,5-6,9,14H2,1H3/i9D2. The van der Waals surface area contributed by atoms with E-state index in [1.807, 2.05) is 13.0 Å². The first kappa shape index (κ1) is 13.0. The lowest BCUT2D eigenvalue weighted by molar-refractivity contribution is 0.576. The highest BCUT2D eigenvalue weighted by atomic mass is 32.2. The second-order valence-electron chi connectivity index (χ2n) is 4.86. The third-order valence-corrected chi connectivity index (χ3v) is 4.56. The van der Waals surface area contributed by atoms with Crippen LogP contribution in [0.3, 0.4) is 0 Å². The number of aryl methyl sites for hydroxylation is 2. The van der Waals surface area contributed by atoms with Gasteiger partial charge in [-0.25, -0.2) is 13.1 Å². The second-order valence-corrected chi connectivity index (χ2v) is 6.62. The van der Waals surface area contributed by atoms with Gasteiger partial charge in [-0.05, 0) is 43.8 Å². The van der Waals surface area contributed by atoms with Crippen molar-refractivity contribution in [1.82, 2.24) is 4.72 Å². The molecule has 0 saturated heterocycles. The molecule has 2 aromatic rings. The van der Waals surface area contributed by atoms with Crippen molar-refractivity contribution >= 4 is 10.0 Å². The first-order valence-electron chi connectivity index (χ1n) is 7.93. The van der Waals surface area contributed by atoms with Crippen molar-refractivity contribution in [3.8, 4) is 0 Å². The van der Waals surface area contributed by atoms with Crippen LogP contribution in [0.4, 0.5) is 0 Å². The van der Waals surface area contributed by atoms with E-state index in [-0.39, 0.29) is 17.9 Å². The highest BCUT2D eigenvalue weighted by Gasteiger charge is 2.12. The quantitative estimate of drug-likeness (QED) is 0.798. The zero-order valence-corrected chi connectivity index (χ0v) is 12.9. The number of hydrogen-bond donors (Lipinski definition) is 1. The molecule has 0 unspecified atom stereocenters. The molecule has 21 heavy (non-hydrogen) atoms. The second kappa shape index (κ2) is 7.38. The van der Waals surface area contributed by atoms with Gasteiger partial charge in [0.2, 0.25) is 10.0 Å². The number of nitrogens with one attached hydrogen (secondary N) is 1. The van der Waals surface area contributed by atoms with Gasteiger partial charge in [0.25, 0.3) is 0 Å². The molecular weight excluding hydrogens is 282 g/mol. The summed E-state index contributed by atoms with van der Waals surface area (Å²) in [5.41, 5.74) is 1.61. The van der Waals surface area contributed by atoms with Gasteiger partial charge in [-0.1, -0.05) is 48.0 Å². The van der Waals surface area contributed by atoms with E-state index in [0.29, 0.717) is 12.0 Å². The summed E-state index contributed by atoms with van der Waals surface area (Å²) < 4.78 is 42.9. The number of rotatable bonds is 7. The Bertz CT molecular complexity index is 729. The molecule has 3 nitrogen and oxygen atoms in total. The molecule has 0 aliphatic carbocycles. The summed E-state index contributed by atoms with van der Waals surface area (Å²) in [7, 11) is -3.53. The van der Waals surface area contributed by atoms with Gasteiger partial charge in [0.1, 0.15) is 0 Å². The van der Waals surface area contributed by atoms with E-state index in [1.165, 1.54) is 0 Å². The SMILES string of the molecule is [2H]C([2H])(CCCNS(=O)(=O)c1ccc(C)cc1)c1ccccc1. The van der Waals surface area contributed by atoms with Crippen LogP contribution >= 0.6 is 0 Å². The molecule has 0 amide bonds. The highest BCUT2D eigenvalue weighted by Crippen LogP contribution is 2.10. The molecule has 0 atom stereocenters. The lowest BCUT2D eigenvalue weighted by Crippen LogP contribution is -2.24. The summed E-state index contributed by atoms with van der Waals surface area (Å²) in [6, 6.07) is 15.6. The van der Waals surface area contributed by atoms with Gasteiger partial charge in [-0.15, -0.1) is 0 Å². The van der Waals surface area contributed by atoms with E-state index in [4.69, 9.17) is 2.74 Å². The molecule has 0 aliphatic rings. The molecule has 2 aromatic carbocycles. The molecule has 0 fully saturated rings. The summed E-state index contributed by atoms with van der Waals surface area (Å²) in [5.74, 6) is 0. The lowest BCUT2D eigenvalue weighted by atomic mass is 10.1. The average molecular weight is 305 g/mol. The largest absolute Gasteiger partial charge is 0.240 e. The van der Waals surface area contributed by atoms with Crippen molar-refractivity contribution in [2.24, 2.45) is 0 Å². The smallest absolute Gasteiger partial charge is 0.211 e. The Balaban J connectivity index is 1.88. The fraction of sp³-hybridized carbons (Fsp3) is 0.294. The zero-order chi connectivity index (χ0) is 16.9. The minimum atomic E-state index is -3.53. The van der Waals surface area contributed by atoms with Gasteiger partial charge < -0.3 is 0 Å². The summed E-state index contributed by atoms with van der Waals surface area (Å²) in [4.78, 5) is 0.231. The molecule has 0 saturated carbocycles. The topological polar surface area (TPSA) is 46.2 Å². The van der Waals surface area contributed by atoms with Gasteiger partial charge in [0.15, 0.2) is 0 Å². The first-order valence-corrected chi connectivity index (χ1v) is 8.41. The van der Waals surface area contributed by atoms with Crippen LogP contribution in [-0.4, -0.2) is 15.0 Å². The first-order chi connectivity index (χ1) is 10.8. The molecule has 0 spiro atoms. The Kier molecular flexibility index (Phi) is 4.59. The van der Waals surface area contributed by atoms with Crippen LogP contribution in [0.1, 0.15) is 26.7 Å². The molecule has 112 valence electrons. The van der Waals surface area contributed by atoms with Crippen LogP contribution in [0.15, 0.2) is 59.5 Å². The predicted molar refractivity (Wildman–Crippen MR) is 85.7 cm³/mol. The normalized spacial score (nSPS) is 13.6. The number of hydrogen-bond acceptors (Lipinski definition) is 2. The molecule has 0 aromatic heterocycles. The van der Waals surface area contributed by atoms with Crippen LogP contribution in [-0.2, 0) is 16.4 Å². The molecule has 0 radical (unpaired) electrons. The Labute approximate surface area is 129 Å². The predicted octanol–water partition coefficient (Wildman–Crippen LogP) is 3.30. The van der Waals surface area contributed by atoms with E-state index < -0.39 is 16.4 Å². The van der Waals surface area contributed by atoms with Crippen molar-refractivity contribution in [2.75, 3.05) is 6.54 Å². The molecular formula is C17H21NO2S. The van der Waals surface area contributed by atoms with Crippen molar-refractivity contribution in [2.45, 2.75) is 31.0 Å². The minimum absolute atomic E-state index is 0.211. The third-order valence-electron chi connectivity index (χ3n) is 3.08. The Morgan fingerprint density at radius 1 is 1.00 bits per heavy atom. The molecule has 1 N–H and O–H groups in total. The van der Waals surface area contributed by atoms with Gasteiger partial charge in [-0.3, -0.25) is 0 Å². The van der Waals surface area contributed by atoms with Crippen molar-refractivity contribution in [1.29, 1.82) is 0 Å². The summed E-state index contributed by atoms with van der Waals surface area (Å²) in [5, 5.41) is 0. The van der Waals surface area contributed by atoms with Crippen LogP contribution in [0.25, 0.3) is 0 Å². The van der Waals surface area contributed by atoms with E-state index in [1.54, 1.807) is 48.5 Å². The molecule has 0 bridgehead atoms. The van der Waals surface area contributed by atoms with Gasteiger partial charge in [0.05, 0.1) is 4.90 Å². The Hall–Kier alpha value is -1.65. The fourth-order valence-electron chi connectivity index (χ4n) is 1.88. The monoisotopic (exact) mass is 305 g/mol. The van der Waals surface area contributed by atoms with Crippen molar-refractivity contribution in [3.05, 3.63) is 65.7 Å². The maximum atomic E-state index is 12.1. The summed E-state index contributed by atoms with van der Waals surface area (Å²) in [6.45, 7) is 2.11. The van der Waals surface area contributed by atoms with E-state index in [2.05, 4.69) is 4.72 Å². The summed E-state index contributed by atoms with van der Waals surface area (Å²) in [6.07, 6.45) is -0.781. The number of sulfonamides is 1. The molecule has 0 heterocycles. The van der Waals surface area contributed by atoms with E-state index in [9.17, 15) is 8.42 Å². The van der Waals surface area contributed by atoms with Crippen LogP contribution in [0.5, 0.6) is 0 Å². The van der Waals surface area contributed by atoms with E-state index in [0.717, 1.165) is 5.56 Å². The molecule has 2 rings (SSSR count). The fourth-order valence-corrected chi connectivity index (χ4v) is 2.96. The average Bonchev–Trinajstić information content (AvgIpc) is 2.53. The van der Waals surface area contributed by atoms with Crippen LogP contribution in [0, 0.1) is 6.92 Å². The van der Waals surface area contributed by atoms with Crippen molar-refractivity contribution in [3.63, 3.8) is 0 Å². The zero-order valence-electron chi connectivity index (χ0n) is 14.0. The van der Waals surface area contributed by atoms with Gasteiger partial charge >= 0.3 is 0 Å². The molecule has 4 heteroatoms. The van der Waals surface area contributed by atoms with Gasteiger partial charge in [0, 0.05) is 9.29 Å². The number of benzene rings is 2. The van der Waals surface area contributed by atoms with Crippen LogP contribution in [0.2, 0.25) is 0 Å². The van der Waals surface area contributed by atoms with Crippen molar-refractivity contribution < 1.29 is 11.2 Å². The lowest BCUT2D eigenvalue weighted by Gasteiger charge is -2.07. The Morgan fingerprint density at radius 3 is 2.33 bits per heavy atom. The summed E-state index contributed by atoms with van der Waals surface area (Å²) >= 11 is 0. The Morgan fingerprint density at radius 2 is 1.67 bits per heavy atom. The molecule has 0 aliphatic heterocycles. The highest BCUT2D eigenvalue weighted by molar-refractivity contribution is 7.89. The minimum Gasteiger partial charge on any atom is -0.211 e. The third kappa shape index (κ3) is 4.99. The van der Waals surface area contributed by atoms with E-state index >= 15 is 0 Å². The maximum absolute atomic E-state index is 12.1.